The molecule has 0 aliphatic rings. The first kappa shape index (κ1) is 17.2. The Morgan fingerprint density at radius 1 is 1.04 bits per heavy atom. The number of benzene rings is 2. The van der Waals surface area contributed by atoms with Crippen LogP contribution in [0.2, 0.25) is 0 Å². The zero-order valence-corrected chi connectivity index (χ0v) is 14.8. The fourth-order valence-electron chi connectivity index (χ4n) is 2.13. The number of nitrogens with one attached hydrogen (secondary N) is 1. The Morgan fingerprint density at radius 2 is 1.76 bits per heavy atom. The Labute approximate surface area is 152 Å². The Morgan fingerprint density at radius 3 is 2.48 bits per heavy atom. The predicted molar refractivity (Wildman–Crippen MR) is 94.8 cm³/mol. The van der Waals surface area contributed by atoms with Gasteiger partial charge in [-0.2, -0.15) is 0 Å². The average molecular weight is 404 g/mol. The Bertz CT molecular complexity index is 844. The zero-order valence-electron chi connectivity index (χ0n) is 13.2. The molecule has 128 valence electrons. The summed E-state index contributed by atoms with van der Waals surface area (Å²) in [6.07, 6.45) is 0. The zero-order chi connectivity index (χ0) is 17.6. The van der Waals surface area contributed by atoms with E-state index in [1.807, 2.05) is 24.3 Å². The van der Waals surface area contributed by atoms with Crippen LogP contribution in [0, 0.1) is 5.82 Å². The fourth-order valence-corrected chi connectivity index (χ4v) is 2.40. The minimum Gasteiger partial charge on any atom is -0.486 e. The van der Waals surface area contributed by atoms with E-state index in [0.29, 0.717) is 18.1 Å². The quantitative estimate of drug-likeness (QED) is 0.649. The molecule has 2 aromatic carbocycles. The van der Waals surface area contributed by atoms with Gasteiger partial charge < -0.3 is 14.5 Å². The highest BCUT2D eigenvalue weighted by atomic mass is 79.9. The number of halogens is 2. The lowest BCUT2D eigenvalue weighted by molar-refractivity contribution is 0.0919. The van der Waals surface area contributed by atoms with Gasteiger partial charge in [0.25, 0.3) is 5.91 Å². The molecule has 0 aliphatic carbocycles. The van der Waals surface area contributed by atoms with Crippen molar-refractivity contribution in [1.29, 1.82) is 0 Å². The molecule has 0 atom stereocenters. The van der Waals surface area contributed by atoms with Crippen LogP contribution in [-0.2, 0) is 13.2 Å². The number of hydrogen-bond acceptors (Lipinski definition) is 3. The van der Waals surface area contributed by atoms with Crippen LogP contribution in [0.1, 0.15) is 21.9 Å². The molecule has 1 amide bonds. The molecule has 0 unspecified atom stereocenters. The molecule has 1 heterocycles. The van der Waals surface area contributed by atoms with Gasteiger partial charge in [-0.05, 0) is 54.1 Å². The number of amides is 1. The molecule has 0 saturated heterocycles. The molecule has 0 saturated carbocycles. The summed E-state index contributed by atoms with van der Waals surface area (Å²) in [4.78, 5) is 12.1. The van der Waals surface area contributed by atoms with Crippen LogP contribution in [0.4, 0.5) is 4.39 Å². The van der Waals surface area contributed by atoms with E-state index < -0.39 is 0 Å². The van der Waals surface area contributed by atoms with Crippen molar-refractivity contribution in [3.05, 3.63) is 88.0 Å². The predicted octanol–water partition coefficient (Wildman–Crippen LogP) is 4.69. The topological polar surface area (TPSA) is 51.5 Å². The van der Waals surface area contributed by atoms with Gasteiger partial charge in [0.1, 0.15) is 23.9 Å². The van der Waals surface area contributed by atoms with Crippen molar-refractivity contribution in [2.45, 2.75) is 13.2 Å². The molecular formula is C19H15BrFNO3. The lowest BCUT2D eigenvalue weighted by Crippen LogP contribution is -2.22. The van der Waals surface area contributed by atoms with E-state index in [9.17, 15) is 9.18 Å². The summed E-state index contributed by atoms with van der Waals surface area (Å²) in [5.74, 6) is 0.823. The number of hydrogen-bond donors (Lipinski definition) is 1. The minimum absolute atomic E-state index is 0.205. The van der Waals surface area contributed by atoms with E-state index in [1.165, 1.54) is 12.1 Å². The second-order valence-electron chi connectivity index (χ2n) is 5.32. The standard InChI is InChI=1S/C19H15BrFNO3/c20-14-3-7-16(8-4-14)24-12-17-9-10-18(25-17)19(23)22-11-13-1-5-15(21)6-2-13/h1-10H,11-12H2,(H,22,23). The van der Waals surface area contributed by atoms with Gasteiger partial charge in [0.05, 0.1) is 0 Å². The third-order valence-electron chi connectivity index (χ3n) is 3.45. The maximum absolute atomic E-state index is 12.9. The molecule has 1 aromatic heterocycles. The maximum Gasteiger partial charge on any atom is 0.287 e. The molecule has 0 bridgehead atoms. The van der Waals surface area contributed by atoms with Gasteiger partial charge in [0.2, 0.25) is 0 Å². The van der Waals surface area contributed by atoms with Gasteiger partial charge in [0.15, 0.2) is 5.76 Å². The number of carbonyl (C=O) groups excluding carboxylic acids is 1. The van der Waals surface area contributed by atoms with Crippen molar-refractivity contribution >= 4 is 21.8 Å². The Hall–Kier alpha value is -2.60. The molecule has 0 spiro atoms. The van der Waals surface area contributed by atoms with E-state index in [2.05, 4.69) is 21.2 Å². The lowest BCUT2D eigenvalue weighted by atomic mass is 10.2. The van der Waals surface area contributed by atoms with Crippen LogP contribution in [0.5, 0.6) is 5.75 Å². The Kier molecular flexibility index (Phi) is 5.50. The van der Waals surface area contributed by atoms with E-state index in [1.54, 1.807) is 24.3 Å². The number of rotatable bonds is 6. The highest BCUT2D eigenvalue weighted by Crippen LogP contribution is 2.18. The molecule has 1 N–H and O–H groups in total. The van der Waals surface area contributed by atoms with Gasteiger partial charge in [-0.3, -0.25) is 4.79 Å². The largest absolute Gasteiger partial charge is 0.486 e. The lowest BCUT2D eigenvalue weighted by Gasteiger charge is -2.05. The summed E-state index contributed by atoms with van der Waals surface area (Å²) in [7, 11) is 0. The monoisotopic (exact) mass is 403 g/mol. The molecule has 3 aromatic rings. The van der Waals surface area contributed by atoms with Crippen molar-refractivity contribution in [1.82, 2.24) is 5.32 Å². The summed E-state index contributed by atoms with van der Waals surface area (Å²) in [6, 6.07) is 16.7. The van der Waals surface area contributed by atoms with E-state index in [4.69, 9.17) is 9.15 Å². The molecule has 4 nitrogen and oxygen atoms in total. The second kappa shape index (κ2) is 7.98. The second-order valence-corrected chi connectivity index (χ2v) is 6.23. The van der Waals surface area contributed by atoms with Crippen LogP contribution in [0.15, 0.2) is 69.6 Å². The van der Waals surface area contributed by atoms with Gasteiger partial charge in [0, 0.05) is 11.0 Å². The normalized spacial score (nSPS) is 10.5. The minimum atomic E-state index is -0.334. The van der Waals surface area contributed by atoms with Crippen molar-refractivity contribution in [2.24, 2.45) is 0 Å². The van der Waals surface area contributed by atoms with Crippen LogP contribution in [0.25, 0.3) is 0 Å². The summed E-state index contributed by atoms with van der Waals surface area (Å²) < 4.78 is 24.9. The molecule has 0 aliphatic heterocycles. The maximum atomic E-state index is 12.9. The first-order valence-corrected chi connectivity index (χ1v) is 8.39. The first-order chi connectivity index (χ1) is 12.1. The highest BCUT2D eigenvalue weighted by Gasteiger charge is 2.11. The molecule has 25 heavy (non-hydrogen) atoms. The third-order valence-corrected chi connectivity index (χ3v) is 3.98. The molecule has 6 heteroatoms. The molecule has 3 rings (SSSR count). The SMILES string of the molecule is O=C(NCc1ccc(F)cc1)c1ccc(COc2ccc(Br)cc2)o1. The number of furan rings is 1. The highest BCUT2D eigenvalue weighted by molar-refractivity contribution is 9.10. The fraction of sp³-hybridized carbons (Fsp3) is 0.105. The van der Waals surface area contributed by atoms with Gasteiger partial charge >= 0.3 is 0 Å². The third kappa shape index (κ3) is 4.93. The van der Waals surface area contributed by atoms with Gasteiger partial charge in [-0.15, -0.1) is 0 Å². The summed E-state index contributed by atoms with van der Waals surface area (Å²) in [5.41, 5.74) is 0.806. The van der Waals surface area contributed by atoms with Crippen molar-refractivity contribution in [3.63, 3.8) is 0 Å². The van der Waals surface area contributed by atoms with Crippen LogP contribution >= 0.6 is 15.9 Å². The average Bonchev–Trinajstić information content (AvgIpc) is 3.10. The van der Waals surface area contributed by atoms with Crippen LogP contribution in [-0.4, -0.2) is 5.91 Å². The smallest absolute Gasteiger partial charge is 0.287 e. The Balaban J connectivity index is 1.52. The summed E-state index contributed by atoms with van der Waals surface area (Å²) in [5, 5.41) is 2.73. The van der Waals surface area contributed by atoms with Gasteiger partial charge in [-0.1, -0.05) is 28.1 Å². The molecule has 0 fully saturated rings. The number of carbonyl (C=O) groups is 1. The van der Waals surface area contributed by atoms with Crippen molar-refractivity contribution < 1.29 is 18.3 Å². The van der Waals surface area contributed by atoms with E-state index in [-0.39, 0.29) is 24.1 Å². The van der Waals surface area contributed by atoms with Crippen LogP contribution < -0.4 is 10.1 Å². The summed E-state index contributed by atoms with van der Waals surface area (Å²) in [6.45, 7) is 0.525. The van der Waals surface area contributed by atoms with Crippen LogP contribution in [0.3, 0.4) is 0 Å². The van der Waals surface area contributed by atoms with E-state index in [0.717, 1.165) is 10.0 Å². The van der Waals surface area contributed by atoms with Gasteiger partial charge in [-0.25, -0.2) is 4.39 Å². The van der Waals surface area contributed by atoms with Crippen molar-refractivity contribution in [3.8, 4) is 5.75 Å². The summed E-state index contributed by atoms with van der Waals surface area (Å²) >= 11 is 3.36. The molecular weight excluding hydrogens is 389 g/mol. The molecule has 0 radical (unpaired) electrons. The van der Waals surface area contributed by atoms with E-state index >= 15 is 0 Å². The first-order valence-electron chi connectivity index (χ1n) is 7.60. The number of ether oxygens (including phenoxy) is 1. The van der Waals surface area contributed by atoms with Crippen molar-refractivity contribution in [2.75, 3.05) is 0 Å².